The zero-order chi connectivity index (χ0) is 26.5. The van der Waals surface area contributed by atoms with Crippen molar-refractivity contribution in [2.24, 2.45) is 0 Å². The second kappa shape index (κ2) is 11.9. The van der Waals surface area contributed by atoms with Gasteiger partial charge in [-0.05, 0) is 45.4 Å². The van der Waals surface area contributed by atoms with Crippen LogP contribution < -0.4 is 14.8 Å². The molecule has 1 aliphatic carbocycles. The summed E-state index contributed by atoms with van der Waals surface area (Å²) < 4.78 is 62.8. The summed E-state index contributed by atoms with van der Waals surface area (Å²) in [5.41, 5.74) is -0.500. The third-order valence-corrected chi connectivity index (χ3v) is 7.76. The van der Waals surface area contributed by atoms with Crippen molar-refractivity contribution in [2.45, 2.75) is 69.8 Å². The summed E-state index contributed by atoms with van der Waals surface area (Å²) in [5.74, 6) is 0.779. The number of halogens is 4. The average Bonchev–Trinajstić information content (AvgIpc) is 3.15. The molecule has 0 bridgehead atoms. The fraction of sp³-hybridized carbons (Fsp3) is 0.667. The van der Waals surface area contributed by atoms with Gasteiger partial charge in [-0.2, -0.15) is 13.2 Å². The Labute approximate surface area is 216 Å². The number of carbonyl (C=O) groups is 1. The molecule has 1 N–H and O–H groups in total. The molecule has 13 heteroatoms. The summed E-state index contributed by atoms with van der Waals surface area (Å²) in [7, 11) is 0. The highest BCUT2D eigenvalue weighted by Crippen LogP contribution is 2.36. The number of aryl methyl sites for hydroxylation is 1. The molecule has 0 atom stereocenters. The van der Waals surface area contributed by atoms with E-state index in [0.717, 1.165) is 21.9 Å². The van der Waals surface area contributed by atoms with Crippen molar-refractivity contribution in [3.63, 3.8) is 0 Å². The van der Waals surface area contributed by atoms with E-state index in [4.69, 9.17) is 9.47 Å². The maximum absolute atomic E-state index is 15.5. The van der Waals surface area contributed by atoms with Gasteiger partial charge in [-0.25, -0.2) is 19.3 Å². The first-order valence-corrected chi connectivity index (χ1v) is 13.2. The first kappa shape index (κ1) is 27.5. The van der Waals surface area contributed by atoms with Crippen LogP contribution in [0.3, 0.4) is 0 Å². The summed E-state index contributed by atoms with van der Waals surface area (Å²) in [5, 5.41) is 2.97. The SMILES string of the molecule is Cc1ncc(OCC(=O)NC2CCC(F)(CCN3CCc4nc(OCC(F)(F)F)sc4CC3)CC2)cn1. The largest absolute Gasteiger partial charge is 0.481 e. The van der Waals surface area contributed by atoms with E-state index in [1.807, 2.05) is 0 Å². The third kappa shape index (κ3) is 8.49. The van der Waals surface area contributed by atoms with Crippen LogP contribution in [0.1, 0.15) is 48.5 Å². The molecule has 1 aliphatic heterocycles. The minimum atomic E-state index is -4.39. The number of nitrogens with one attached hydrogen (secondary N) is 1. The van der Waals surface area contributed by atoms with Gasteiger partial charge in [-0.3, -0.25) is 4.79 Å². The molecule has 0 aromatic carbocycles. The van der Waals surface area contributed by atoms with E-state index in [0.29, 0.717) is 76.2 Å². The van der Waals surface area contributed by atoms with E-state index in [2.05, 4.69) is 25.2 Å². The van der Waals surface area contributed by atoms with Gasteiger partial charge in [0.2, 0.25) is 0 Å². The fourth-order valence-electron chi connectivity index (χ4n) is 4.58. The number of amides is 1. The second-order valence-electron chi connectivity index (χ2n) is 9.59. The molecule has 1 fully saturated rings. The molecule has 0 radical (unpaired) electrons. The molecule has 2 aliphatic rings. The number of fused-ring (bicyclic) bond motifs is 1. The van der Waals surface area contributed by atoms with Crippen molar-refractivity contribution in [3.8, 4) is 10.9 Å². The zero-order valence-corrected chi connectivity index (χ0v) is 21.5. The van der Waals surface area contributed by atoms with Gasteiger partial charge in [0, 0.05) is 37.0 Å². The Hall–Kier alpha value is -2.54. The number of hydrogen-bond acceptors (Lipinski definition) is 8. The molecule has 204 valence electrons. The molecule has 1 saturated carbocycles. The van der Waals surface area contributed by atoms with Crippen LogP contribution >= 0.6 is 11.3 Å². The summed E-state index contributed by atoms with van der Waals surface area (Å²) in [6.07, 6.45) is 2.20. The molecule has 0 saturated heterocycles. The molecular weight excluding hydrogens is 514 g/mol. The summed E-state index contributed by atoms with van der Waals surface area (Å²) >= 11 is 1.16. The van der Waals surface area contributed by atoms with Crippen LogP contribution in [0.15, 0.2) is 12.4 Å². The Morgan fingerprint density at radius 2 is 1.89 bits per heavy atom. The lowest BCUT2D eigenvalue weighted by molar-refractivity contribution is -0.153. The minimum absolute atomic E-state index is 0.0538. The quantitative estimate of drug-likeness (QED) is 0.480. The average molecular weight is 546 g/mol. The molecule has 37 heavy (non-hydrogen) atoms. The van der Waals surface area contributed by atoms with Crippen molar-refractivity contribution in [2.75, 3.05) is 32.8 Å². The number of rotatable bonds is 9. The van der Waals surface area contributed by atoms with Gasteiger partial charge in [0.05, 0.1) is 18.1 Å². The lowest BCUT2D eigenvalue weighted by Crippen LogP contribution is -2.44. The third-order valence-electron chi connectivity index (χ3n) is 6.69. The number of nitrogens with zero attached hydrogens (tertiary/aromatic N) is 4. The number of thiazole rings is 1. The van der Waals surface area contributed by atoms with Crippen LogP contribution in [0, 0.1) is 6.92 Å². The zero-order valence-electron chi connectivity index (χ0n) is 20.7. The highest BCUT2D eigenvalue weighted by molar-refractivity contribution is 7.13. The van der Waals surface area contributed by atoms with Crippen LogP contribution in [0.25, 0.3) is 0 Å². The van der Waals surface area contributed by atoms with Crippen molar-refractivity contribution < 1.29 is 31.8 Å². The lowest BCUT2D eigenvalue weighted by atomic mass is 9.81. The van der Waals surface area contributed by atoms with Crippen LogP contribution in [0.5, 0.6) is 10.9 Å². The molecule has 2 aromatic rings. The topological polar surface area (TPSA) is 89.5 Å². The number of ether oxygens (including phenoxy) is 2. The molecule has 0 unspecified atom stereocenters. The van der Waals surface area contributed by atoms with Gasteiger partial charge in [0.25, 0.3) is 11.1 Å². The van der Waals surface area contributed by atoms with E-state index < -0.39 is 18.5 Å². The Kier molecular flexibility index (Phi) is 8.83. The fourth-order valence-corrected chi connectivity index (χ4v) is 5.52. The highest BCUT2D eigenvalue weighted by Gasteiger charge is 2.36. The number of hydrogen-bond donors (Lipinski definition) is 1. The van der Waals surface area contributed by atoms with Crippen molar-refractivity contribution in [1.29, 1.82) is 0 Å². The summed E-state index contributed by atoms with van der Waals surface area (Å²) in [6.45, 7) is 2.26. The standard InChI is InChI=1S/C24H31F4N5O3S/c1-16-29-12-18(13-30-16)35-14-21(34)31-17-2-6-23(25,7-3-17)8-11-33-9-4-19-20(5-10-33)37-22(32-19)36-15-24(26,27)28/h12-13,17H,2-11,14-15H2,1H3,(H,31,34). The minimum Gasteiger partial charge on any atom is -0.481 e. The Morgan fingerprint density at radius 1 is 1.19 bits per heavy atom. The van der Waals surface area contributed by atoms with Crippen molar-refractivity contribution in [1.82, 2.24) is 25.2 Å². The molecule has 3 heterocycles. The van der Waals surface area contributed by atoms with Crippen molar-refractivity contribution in [3.05, 3.63) is 28.8 Å². The number of carbonyl (C=O) groups excluding carboxylic acids is 1. The number of alkyl halides is 4. The van der Waals surface area contributed by atoms with E-state index in [1.165, 1.54) is 12.4 Å². The van der Waals surface area contributed by atoms with E-state index >= 15 is 4.39 Å². The van der Waals surface area contributed by atoms with Crippen LogP contribution in [0.2, 0.25) is 0 Å². The lowest BCUT2D eigenvalue weighted by Gasteiger charge is -2.35. The predicted molar refractivity (Wildman–Crippen MR) is 129 cm³/mol. The smallest absolute Gasteiger partial charge is 0.422 e. The van der Waals surface area contributed by atoms with Crippen LogP contribution in [-0.2, 0) is 17.6 Å². The molecule has 2 aromatic heterocycles. The maximum Gasteiger partial charge on any atom is 0.422 e. The predicted octanol–water partition coefficient (Wildman–Crippen LogP) is 3.82. The van der Waals surface area contributed by atoms with Gasteiger partial charge in [0.1, 0.15) is 11.5 Å². The molecule has 8 nitrogen and oxygen atoms in total. The van der Waals surface area contributed by atoms with Gasteiger partial charge in [-0.1, -0.05) is 11.3 Å². The Morgan fingerprint density at radius 3 is 2.59 bits per heavy atom. The molecule has 4 rings (SSSR count). The maximum atomic E-state index is 15.5. The first-order valence-electron chi connectivity index (χ1n) is 12.4. The monoisotopic (exact) mass is 545 g/mol. The van der Waals surface area contributed by atoms with Gasteiger partial charge >= 0.3 is 6.18 Å². The number of aromatic nitrogens is 3. The van der Waals surface area contributed by atoms with E-state index in [1.54, 1.807) is 6.92 Å². The molecule has 0 spiro atoms. The normalized spacial score (nSPS) is 22.7. The summed E-state index contributed by atoms with van der Waals surface area (Å²) in [6, 6.07) is -0.0803. The second-order valence-corrected chi connectivity index (χ2v) is 10.6. The van der Waals surface area contributed by atoms with Gasteiger partial charge in [-0.15, -0.1) is 0 Å². The van der Waals surface area contributed by atoms with E-state index in [9.17, 15) is 18.0 Å². The molecular formula is C24H31F4N5O3S. The van der Waals surface area contributed by atoms with Crippen LogP contribution in [0.4, 0.5) is 17.6 Å². The molecule has 1 amide bonds. The summed E-state index contributed by atoms with van der Waals surface area (Å²) in [4.78, 5) is 27.6. The van der Waals surface area contributed by atoms with E-state index in [-0.39, 0.29) is 23.7 Å². The highest BCUT2D eigenvalue weighted by atomic mass is 32.1. The van der Waals surface area contributed by atoms with Crippen molar-refractivity contribution >= 4 is 17.2 Å². The Balaban J connectivity index is 1.15. The van der Waals surface area contributed by atoms with Gasteiger partial charge in [0.15, 0.2) is 19.0 Å². The first-order chi connectivity index (χ1) is 17.6. The Bertz CT molecular complexity index is 1020. The van der Waals surface area contributed by atoms with Gasteiger partial charge < -0.3 is 19.7 Å². The van der Waals surface area contributed by atoms with Crippen LogP contribution in [-0.4, -0.2) is 76.5 Å².